The Hall–Kier alpha value is -2.95. The standard InChI is InChI=1S/C22H32N4O4.C7H17NO/c1-4-5-6-17(9-10-27)25-21-18(14(2)24-22(23)26-21)13-16-8-7-15(12-20(28)29)11-19(16)30-3;1-2-3-4-7(8)5-6-9/h7-8,11,17,27H,4-6,9-10,12-13H2,1-3H3,(H,28,29)(H3,23,24,25,26);7,9H,2-6,8H2,1H3/t17-;7-/m00/s1. The Kier molecular flexibility index (Phi) is 16.7. The fraction of sp³-hybridized carbons (Fsp3) is 0.621. The van der Waals surface area contributed by atoms with E-state index in [0.29, 0.717) is 30.0 Å². The lowest BCUT2D eigenvalue weighted by molar-refractivity contribution is -0.136. The number of carboxylic acids is 1. The Bertz CT molecular complexity index is 989. The molecule has 220 valence electrons. The first-order chi connectivity index (χ1) is 18.7. The summed E-state index contributed by atoms with van der Waals surface area (Å²) in [5.74, 6) is 0.585. The number of carboxylic acid groups (broad SMARTS) is 1. The van der Waals surface area contributed by atoms with Crippen LogP contribution >= 0.6 is 0 Å². The number of aryl methyl sites for hydroxylation is 1. The molecule has 2 atom stereocenters. The monoisotopic (exact) mass is 547 g/mol. The van der Waals surface area contributed by atoms with Crippen LogP contribution in [-0.4, -0.2) is 63.7 Å². The number of ether oxygens (including phenoxy) is 1. The van der Waals surface area contributed by atoms with Crippen molar-refractivity contribution in [3.8, 4) is 5.75 Å². The van der Waals surface area contributed by atoms with E-state index < -0.39 is 5.97 Å². The van der Waals surface area contributed by atoms with E-state index >= 15 is 0 Å². The molecular weight excluding hydrogens is 498 g/mol. The Balaban J connectivity index is 0.000000724. The second-order valence-electron chi connectivity index (χ2n) is 9.80. The van der Waals surface area contributed by atoms with E-state index in [1.807, 2.05) is 13.0 Å². The molecule has 0 aliphatic rings. The van der Waals surface area contributed by atoms with Crippen LogP contribution in [0.1, 0.15) is 87.6 Å². The third-order valence-electron chi connectivity index (χ3n) is 6.46. The SMILES string of the molecule is CCCC[C@@H](CCO)Nc1nc(N)nc(C)c1Cc1ccc(CC(=O)O)cc1OC.CCCC[C@H](N)CCO. The average Bonchev–Trinajstić information content (AvgIpc) is 2.89. The minimum atomic E-state index is -0.888. The first-order valence-electron chi connectivity index (χ1n) is 13.9. The Morgan fingerprint density at radius 2 is 1.72 bits per heavy atom. The molecule has 0 bridgehead atoms. The van der Waals surface area contributed by atoms with Crippen molar-refractivity contribution in [2.75, 3.05) is 31.4 Å². The molecule has 0 amide bonds. The molecule has 0 unspecified atom stereocenters. The number of aromatic nitrogens is 2. The van der Waals surface area contributed by atoms with Gasteiger partial charge in [-0.3, -0.25) is 4.79 Å². The highest BCUT2D eigenvalue weighted by atomic mass is 16.5. The van der Waals surface area contributed by atoms with E-state index in [9.17, 15) is 9.90 Å². The van der Waals surface area contributed by atoms with Gasteiger partial charge in [0.2, 0.25) is 5.95 Å². The van der Waals surface area contributed by atoms with Crippen LogP contribution in [0.3, 0.4) is 0 Å². The van der Waals surface area contributed by atoms with Crippen LogP contribution in [0, 0.1) is 6.92 Å². The van der Waals surface area contributed by atoms with Crippen LogP contribution in [0.2, 0.25) is 0 Å². The molecule has 0 saturated heterocycles. The maximum Gasteiger partial charge on any atom is 0.307 e. The van der Waals surface area contributed by atoms with Gasteiger partial charge in [0.25, 0.3) is 0 Å². The molecule has 8 N–H and O–H groups in total. The second-order valence-corrected chi connectivity index (χ2v) is 9.80. The van der Waals surface area contributed by atoms with Gasteiger partial charge in [-0.25, -0.2) is 4.98 Å². The molecule has 1 heterocycles. The normalized spacial score (nSPS) is 12.3. The Labute approximate surface area is 233 Å². The van der Waals surface area contributed by atoms with E-state index in [1.54, 1.807) is 19.2 Å². The molecular formula is C29H49N5O5. The summed E-state index contributed by atoms with van der Waals surface area (Å²) in [6.45, 7) is 6.48. The van der Waals surface area contributed by atoms with Crippen molar-refractivity contribution in [3.63, 3.8) is 0 Å². The Morgan fingerprint density at radius 1 is 1.05 bits per heavy atom. The van der Waals surface area contributed by atoms with E-state index in [-0.39, 0.29) is 37.7 Å². The number of aliphatic hydroxyl groups is 2. The van der Waals surface area contributed by atoms with E-state index in [0.717, 1.165) is 48.9 Å². The summed E-state index contributed by atoms with van der Waals surface area (Å²) in [5.41, 5.74) is 14.7. The summed E-state index contributed by atoms with van der Waals surface area (Å²) >= 11 is 0. The smallest absolute Gasteiger partial charge is 0.307 e. The number of hydrogen-bond acceptors (Lipinski definition) is 9. The molecule has 0 saturated carbocycles. The molecule has 0 spiro atoms. The van der Waals surface area contributed by atoms with Crippen molar-refractivity contribution in [1.29, 1.82) is 0 Å². The molecule has 0 aliphatic carbocycles. The van der Waals surface area contributed by atoms with E-state index in [4.69, 9.17) is 26.4 Å². The maximum absolute atomic E-state index is 11.0. The van der Waals surface area contributed by atoms with Gasteiger partial charge in [0.05, 0.1) is 13.5 Å². The first-order valence-corrected chi connectivity index (χ1v) is 13.9. The lowest BCUT2D eigenvalue weighted by Gasteiger charge is -2.22. The van der Waals surface area contributed by atoms with Crippen LogP contribution in [0.25, 0.3) is 0 Å². The van der Waals surface area contributed by atoms with Gasteiger partial charge in [0, 0.05) is 43.0 Å². The quantitative estimate of drug-likeness (QED) is 0.170. The number of nitrogen functional groups attached to an aromatic ring is 1. The number of methoxy groups -OCH3 is 1. The van der Waals surface area contributed by atoms with Crippen molar-refractivity contribution in [1.82, 2.24) is 9.97 Å². The fourth-order valence-corrected chi connectivity index (χ4v) is 4.22. The predicted octanol–water partition coefficient (Wildman–Crippen LogP) is 3.83. The van der Waals surface area contributed by atoms with Gasteiger partial charge in [-0.05, 0) is 49.8 Å². The zero-order chi connectivity index (χ0) is 29.2. The van der Waals surface area contributed by atoms with E-state index in [1.165, 1.54) is 12.8 Å². The van der Waals surface area contributed by atoms with Crippen LogP contribution in [0.5, 0.6) is 5.75 Å². The molecule has 0 radical (unpaired) electrons. The van der Waals surface area contributed by atoms with Gasteiger partial charge < -0.3 is 36.8 Å². The van der Waals surface area contributed by atoms with Gasteiger partial charge in [0.1, 0.15) is 11.6 Å². The van der Waals surface area contributed by atoms with Crippen molar-refractivity contribution in [2.24, 2.45) is 5.73 Å². The van der Waals surface area contributed by atoms with Crippen LogP contribution < -0.4 is 21.5 Å². The molecule has 10 heteroatoms. The number of unbranched alkanes of at least 4 members (excludes halogenated alkanes) is 2. The molecule has 0 aliphatic heterocycles. The predicted molar refractivity (Wildman–Crippen MR) is 156 cm³/mol. The molecule has 1 aromatic carbocycles. The van der Waals surface area contributed by atoms with Gasteiger partial charge in [-0.15, -0.1) is 0 Å². The van der Waals surface area contributed by atoms with Gasteiger partial charge >= 0.3 is 5.97 Å². The van der Waals surface area contributed by atoms with Crippen molar-refractivity contribution in [3.05, 3.63) is 40.6 Å². The number of nitrogens with two attached hydrogens (primary N) is 2. The zero-order valence-electron chi connectivity index (χ0n) is 24.1. The van der Waals surface area contributed by atoms with Crippen LogP contribution in [0.4, 0.5) is 11.8 Å². The summed E-state index contributed by atoms with van der Waals surface area (Å²) < 4.78 is 5.50. The van der Waals surface area contributed by atoms with Gasteiger partial charge in [0.15, 0.2) is 0 Å². The van der Waals surface area contributed by atoms with Gasteiger partial charge in [-0.1, -0.05) is 51.7 Å². The number of anilines is 2. The molecule has 10 nitrogen and oxygen atoms in total. The number of benzene rings is 1. The minimum absolute atomic E-state index is 0.0618. The largest absolute Gasteiger partial charge is 0.496 e. The second kappa shape index (κ2) is 19.2. The van der Waals surface area contributed by atoms with Crippen molar-refractivity contribution >= 4 is 17.7 Å². The molecule has 39 heavy (non-hydrogen) atoms. The number of aliphatic hydroxyl groups excluding tert-OH is 2. The first kappa shape index (κ1) is 34.1. The summed E-state index contributed by atoms with van der Waals surface area (Å²) in [5, 5.41) is 30.4. The number of nitrogens with zero attached hydrogens (tertiary/aromatic N) is 2. The zero-order valence-corrected chi connectivity index (χ0v) is 24.1. The number of nitrogens with one attached hydrogen (secondary N) is 1. The molecule has 2 aromatic rings. The topological polar surface area (TPSA) is 177 Å². The van der Waals surface area contributed by atoms with Gasteiger partial charge in [-0.2, -0.15) is 4.98 Å². The van der Waals surface area contributed by atoms with Crippen LogP contribution in [0.15, 0.2) is 18.2 Å². The maximum atomic E-state index is 11.0. The molecule has 2 rings (SSSR count). The fourth-order valence-electron chi connectivity index (χ4n) is 4.22. The Morgan fingerprint density at radius 3 is 2.31 bits per heavy atom. The number of aliphatic carboxylic acids is 1. The highest BCUT2D eigenvalue weighted by Crippen LogP contribution is 2.28. The van der Waals surface area contributed by atoms with Crippen molar-refractivity contribution < 1.29 is 24.9 Å². The third-order valence-corrected chi connectivity index (χ3v) is 6.46. The number of carbonyl (C=O) groups is 1. The van der Waals surface area contributed by atoms with E-state index in [2.05, 4.69) is 29.1 Å². The summed E-state index contributed by atoms with van der Waals surface area (Å²) in [7, 11) is 1.57. The lowest BCUT2D eigenvalue weighted by Crippen LogP contribution is -2.23. The summed E-state index contributed by atoms with van der Waals surface area (Å²) in [6.07, 6.45) is 8.28. The minimum Gasteiger partial charge on any atom is -0.496 e. The molecule has 0 fully saturated rings. The summed E-state index contributed by atoms with van der Waals surface area (Å²) in [6, 6.07) is 5.72. The number of rotatable bonds is 17. The lowest BCUT2D eigenvalue weighted by atomic mass is 9.99. The highest BCUT2D eigenvalue weighted by Gasteiger charge is 2.18. The average molecular weight is 548 g/mol. The summed E-state index contributed by atoms with van der Waals surface area (Å²) in [4.78, 5) is 19.7. The highest BCUT2D eigenvalue weighted by molar-refractivity contribution is 5.70. The molecule has 1 aromatic heterocycles. The van der Waals surface area contributed by atoms with Crippen molar-refractivity contribution in [2.45, 2.75) is 97.1 Å². The number of hydrogen-bond donors (Lipinski definition) is 6. The third kappa shape index (κ3) is 13.1. The van der Waals surface area contributed by atoms with Crippen LogP contribution in [-0.2, 0) is 17.6 Å².